The van der Waals surface area contributed by atoms with Crippen LogP contribution in [0.3, 0.4) is 0 Å². The van der Waals surface area contributed by atoms with Crippen molar-refractivity contribution in [3.63, 3.8) is 0 Å². The van der Waals surface area contributed by atoms with E-state index in [1.54, 1.807) is 24.4 Å². The maximum atomic E-state index is 13.3. The highest BCUT2D eigenvalue weighted by Gasteiger charge is 2.18. The largest absolute Gasteiger partial charge is 0.473 e. The molecule has 3 heterocycles. The van der Waals surface area contributed by atoms with Crippen LogP contribution in [0.5, 0.6) is 5.88 Å². The Balaban J connectivity index is 1.67. The molecule has 1 saturated heterocycles. The number of rotatable bonds is 3. The van der Waals surface area contributed by atoms with Crippen LogP contribution in [0.25, 0.3) is 11.2 Å². The lowest BCUT2D eigenvalue weighted by Gasteiger charge is -2.11. The van der Waals surface area contributed by atoms with Crippen molar-refractivity contribution in [3.05, 3.63) is 59.7 Å². The Hall–Kier alpha value is -3.04. The van der Waals surface area contributed by atoms with Crippen LogP contribution >= 0.6 is 0 Å². The van der Waals surface area contributed by atoms with Gasteiger partial charge in [0.15, 0.2) is 11.3 Å². The molecule has 1 aromatic carbocycles. The van der Waals surface area contributed by atoms with E-state index in [4.69, 9.17) is 9.47 Å². The van der Waals surface area contributed by atoms with E-state index in [-0.39, 0.29) is 11.9 Å². The summed E-state index contributed by atoms with van der Waals surface area (Å²) in [5.41, 5.74) is 2.04. The summed E-state index contributed by atoms with van der Waals surface area (Å²) in [6, 6.07) is 9.70. The fraction of sp³-hybridized carbons (Fsp3) is 0.250. The highest BCUT2D eigenvalue weighted by molar-refractivity contribution is 5.71. The van der Waals surface area contributed by atoms with Crippen LogP contribution < -0.4 is 4.74 Å². The number of halogens is 1. The maximum Gasteiger partial charge on any atom is 0.249 e. The molecule has 1 aliphatic heterocycles. The molecule has 0 bridgehead atoms. The first kappa shape index (κ1) is 16.4. The summed E-state index contributed by atoms with van der Waals surface area (Å²) in [4.78, 5) is 13.1. The Morgan fingerprint density at radius 3 is 3.00 bits per heavy atom. The van der Waals surface area contributed by atoms with Gasteiger partial charge in [0.05, 0.1) is 6.10 Å². The third-order valence-corrected chi connectivity index (χ3v) is 3.99. The van der Waals surface area contributed by atoms with Crippen LogP contribution in [0.1, 0.15) is 24.1 Å². The predicted octanol–water partition coefficient (Wildman–Crippen LogP) is 3.12. The first-order valence-electron chi connectivity index (χ1n) is 8.43. The van der Waals surface area contributed by atoms with Crippen molar-refractivity contribution in [3.8, 4) is 17.7 Å². The van der Waals surface area contributed by atoms with E-state index in [0.29, 0.717) is 34.9 Å². The lowest BCUT2D eigenvalue weighted by Crippen LogP contribution is -2.17. The minimum absolute atomic E-state index is 0.0606. The number of hydrogen-bond donors (Lipinski definition) is 0. The van der Waals surface area contributed by atoms with E-state index in [2.05, 4.69) is 26.8 Å². The minimum atomic E-state index is -0.335. The molecule has 6 heteroatoms. The minimum Gasteiger partial charge on any atom is -0.473 e. The zero-order valence-corrected chi connectivity index (χ0v) is 14.0. The Bertz CT molecular complexity index is 991. The zero-order chi connectivity index (χ0) is 17.8. The normalized spacial score (nSPS) is 16.3. The van der Waals surface area contributed by atoms with Crippen molar-refractivity contribution in [1.29, 1.82) is 0 Å². The molecule has 0 aliphatic carbocycles. The molecule has 1 unspecified atom stereocenters. The van der Waals surface area contributed by atoms with Gasteiger partial charge in [0, 0.05) is 18.4 Å². The van der Waals surface area contributed by atoms with E-state index >= 15 is 0 Å². The second kappa shape index (κ2) is 7.46. The summed E-state index contributed by atoms with van der Waals surface area (Å²) in [6.45, 7) is 1.16. The molecule has 0 spiro atoms. The lowest BCUT2D eigenvalue weighted by atomic mass is 10.2. The SMILES string of the molecule is Fc1cccc(C#Cc2nc3ncccc3nc2OCC2CCCO2)c1. The highest BCUT2D eigenvalue weighted by atomic mass is 19.1. The number of nitrogens with zero attached hydrogens (tertiary/aromatic N) is 3. The third kappa shape index (κ3) is 3.79. The number of fused-ring (bicyclic) bond motifs is 1. The van der Waals surface area contributed by atoms with Crippen LogP contribution in [0.2, 0.25) is 0 Å². The van der Waals surface area contributed by atoms with E-state index in [1.165, 1.54) is 12.1 Å². The molecule has 0 N–H and O–H groups in total. The maximum absolute atomic E-state index is 13.3. The summed E-state index contributed by atoms with van der Waals surface area (Å²) >= 11 is 0. The van der Waals surface area contributed by atoms with Gasteiger partial charge in [-0.05, 0) is 49.1 Å². The lowest BCUT2D eigenvalue weighted by molar-refractivity contribution is 0.0662. The molecular weight excluding hydrogens is 333 g/mol. The molecule has 1 fully saturated rings. The van der Waals surface area contributed by atoms with E-state index in [1.807, 2.05) is 6.07 Å². The summed E-state index contributed by atoms with van der Waals surface area (Å²) in [5, 5.41) is 0. The molecule has 0 saturated carbocycles. The van der Waals surface area contributed by atoms with Crippen LogP contribution in [-0.4, -0.2) is 34.3 Å². The van der Waals surface area contributed by atoms with Crippen LogP contribution in [-0.2, 0) is 4.74 Å². The number of ether oxygens (including phenoxy) is 2. The molecular formula is C20H16FN3O2. The summed E-state index contributed by atoms with van der Waals surface area (Å²) in [6.07, 6.45) is 3.71. The number of benzene rings is 1. The van der Waals surface area contributed by atoms with E-state index in [0.717, 1.165) is 19.4 Å². The zero-order valence-electron chi connectivity index (χ0n) is 14.0. The molecule has 130 valence electrons. The van der Waals surface area contributed by atoms with Gasteiger partial charge in [0.1, 0.15) is 17.9 Å². The molecule has 26 heavy (non-hydrogen) atoms. The fourth-order valence-electron chi connectivity index (χ4n) is 2.71. The molecule has 0 radical (unpaired) electrons. The van der Waals surface area contributed by atoms with Gasteiger partial charge < -0.3 is 9.47 Å². The summed E-state index contributed by atoms with van der Waals surface area (Å²) in [5.74, 6) is 5.83. The number of hydrogen-bond acceptors (Lipinski definition) is 5. The van der Waals surface area contributed by atoms with Crippen molar-refractivity contribution >= 4 is 11.2 Å². The second-order valence-corrected chi connectivity index (χ2v) is 5.93. The van der Waals surface area contributed by atoms with Crippen LogP contribution in [0.4, 0.5) is 4.39 Å². The van der Waals surface area contributed by atoms with Gasteiger partial charge in [-0.2, -0.15) is 0 Å². The monoisotopic (exact) mass is 349 g/mol. The molecule has 1 atom stereocenters. The summed E-state index contributed by atoms with van der Waals surface area (Å²) < 4.78 is 24.7. The van der Waals surface area contributed by atoms with Crippen molar-refractivity contribution in [2.45, 2.75) is 18.9 Å². The van der Waals surface area contributed by atoms with Gasteiger partial charge in [0.2, 0.25) is 5.88 Å². The Kier molecular flexibility index (Phi) is 4.71. The first-order chi connectivity index (χ1) is 12.8. The average molecular weight is 349 g/mol. The quantitative estimate of drug-likeness (QED) is 0.680. The van der Waals surface area contributed by atoms with Crippen molar-refractivity contribution < 1.29 is 13.9 Å². The predicted molar refractivity (Wildman–Crippen MR) is 94.2 cm³/mol. The van der Waals surface area contributed by atoms with Crippen LogP contribution in [0, 0.1) is 17.7 Å². The van der Waals surface area contributed by atoms with Gasteiger partial charge >= 0.3 is 0 Å². The van der Waals surface area contributed by atoms with E-state index < -0.39 is 0 Å². The van der Waals surface area contributed by atoms with Gasteiger partial charge in [0.25, 0.3) is 0 Å². The Morgan fingerprint density at radius 1 is 1.19 bits per heavy atom. The number of aromatic nitrogens is 3. The van der Waals surface area contributed by atoms with Gasteiger partial charge in [-0.3, -0.25) is 0 Å². The van der Waals surface area contributed by atoms with Gasteiger partial charge in [-0.25, -0.2) is 19.3 Å². The third-order valence-electron chi connectivity index (χ3n) is 3.99. The van der Waals surface area contributed by atoms with E-state index in [9.17, 15) is 4.39 Å². The topological polar surface area (TPSA) is 57.1 Å². The van der Waals surface area contributed by atoms with Crippen molar-refractivity contribution in [1.82, 2.24) is 15.0 Å². The molecule has 3 aromatic rings. The fourth-order valence-corrected chi connectivity index (χ4v) is 2.71. The Morgan fingerprint density at radius 2 is 2.15 bits per heavy atom. The highest BCUT2D eigenvalue weighted by Crippen LogP contribution is 2.19. The molecule has 2 aromatic heterocycles. The molecule has 4 rings (SSSR count). The Labute approximate surface area is 150 Å². The summed E-state index contributed by atoms with van der Waals surface area (Å²) in [7, 11) is 0. The van der Waals surface area contributed by atoms with Gasteiger partial charge in [-0.15, -0.1) is 0 Å². The smallest absolute Gasteiger partial charge is 0.249 e. The van der Waals surface area contributed by atoms with Crippen molar-refractivity contribution in [2.75, 3.05) is 13.2 Å². The first-order valence-corrected chi connectivity index (χ1v) is 8.43. The molecule has 1 aliphatic rings. The van der Waals surface area contributed by atoms with Gasteiger partial charge in [-0.1, -0.05) is 12.0 Å². The van der Waals surface area contributed by atoms with Crippen molar-refractivity contribution in [2.24, 2.45) is 0 Å². The number of pyridine rings is 1. The molecule has 0 amide bonds. The molecule has 5 nitrogen and oxygen atoms in total. The average Bonchev–Trinajstić information content (AvgIpc) is 3.18. The second-order valence-electron chi connectivity index (χ2n) is 5.93. The standard InChI is InChI=1S/C20H16FN3O2/c21-15-5-1-4-14(12-15)8-9-18-20(26-13-16-6-3-11-25-16)24-17-7-2-10-22-19(17)23-18/h1-2,4-5,7,10,12,16H,3,6,11,13H2. The van der Waals surface area contributed by atoms with Crippen LogP contribution in [0.15, 0.2) is 42.6 Å².